The van der Waals surface area contributed by atoms with Crippen molar-refractivity contribution in [1.82, 2.24) is 4.90 Å². The summed E-state index contributed by atoms with van der Waals surface area (Å²) in [5, 5.41) is 0.686. The van der Waals surface area contributed by atoms with E-state index in [-0.39, 0.29) is 0 Å². The quantitative estimate of drug-likeness (QED) is 0.647. The molecule has 0 amide bonds. The van der Waals surface area contributed by atoms with E-state index in [4.69, 9.17) is 0 Å². The van der Waals surface area contributed by atoms with Gasteiger partial charge in [0, 0.05) is 11.3 Å². The minimum atomic E-state index is 0.686. The van der Waals surface area contributed by atoms with Gasteiger partial charge in [-0.1, -0.05) is 20.3 Å². The van der Waals surface area contributed by atoms with E-state index in [1.165, 1.54) is 38.8 Å². The van der Waals surface area contributed by atoms with Crippen molar-refractivity contribution in [3.05, 3.63) is 0 Å². The maximum absolute atomic E-state index is 4.44. The van der Waals surface area contributed by atoms with Gasteiger partial charge in [-0.2, -0.15) is 12.6 Å². The predicted octanol–water partition coefficient (Wildman–Crippen LogP) is 2.57. The van der Waals surface area contributed by atoms with Crippen LogP contribution in [0.25, 0.3) is 0 Å². The van der Waals surface area contributed by atoms with Crippen LogP contribution in [0.1, 0.15) is 39.5 Å². The van der Waals surface area contributed by atoms with Crippen LogP contribution in [0, 0.1) is 0 Å². The van der Waals surface area contributed by atoms with Crippen LogP contribution < -0.4 is 0 Å². The minimum Gasteiger partial charge on any atom is -0.301 e. The first-order valence-electron chi connectivity index (χ1n) is 5.20. The lowest BCUT2D eigenvalue weighted by atomic mass is 9.90. The van der Waals surface area contributed by atoms with Crippen molar-refractivity contribution in [2.24, 2.45) is 0 Å². The summed E-state index contributed by atoms with van der Waals surface area (Å²) in [7, 11) is 0. The molecule has 2 heteroatoms. The van der Waals surface area contributed by atoms with Gasteiger partial charge in [-0.05, 0) is 32.4 Å². The molecule has 1 aliphatic rings. The minimum absolute atomic E-state index is 0.686. The van der Waals surface area contributed by atoms with Crippen LogP contribution in [0.4, 0.5) is 0 Å². The lowest BCUT2D eigenvalue weighted by molar-refractivity contribution is 0.138. The van der Waals surface area contributed by atoms with Crippen LogP contribution >= 0.6 is 12.6 Å². The molecule has 0 bridgehead atoms. The van der Waals surface area contributed by atoms with Crippen LogP contribution in [0.5, 0.6) is 0 Å². The summed E-state index contributed by atoms with van der Waals surface area (Å²) in [6.45, 7) is 7.03. The average Bonchev–Trinajstić information content (AvgIpc) is 2.02. The molecule has 0 saturated heterocycles. The molecule has 1 saturated carbocycles. The van der Waals surface area contributed by atoms with E-state index in [0.717, 1.165) is 6.04 Å². The van der Waals surface area contributed by atoms with Crippen molar-refractivity contribution in [2.45, 2.75) is 50.8 Å². The smallest absolute Gasteiger partial charge is 0.0116 e. The Morgan fingerprint density at radius 1 is 1.33 bits per heavy atom. The van der Waals surface area contributed by atoms with Gasteiger partial charge >= 0.3 is 0 Å². The normalized spacial score (nSPS) is 29.0. The zero-order chi connectivity index (χ0) is 8.97. The van der Waals surface area contributed by atoms with Crippen LogP contribution in [0.3, 0.4) is 0 Å². The topological polar surface area (TPSA) is 3.24 Å². The van der Waals surface area contributed by atoms with Gasteiger partial charge < -0.3 is 4.90 Å². The summed E-state index contributed by atoms with van der Waals surface area (Å²) in [5.74, 6) is 0. The number of unbranched alkanes of at least 4 members (excludes halogenated alkanes) is 1. The second-order valence-electron chi connectivity index (χ2n) is 3.76. The van der Waals surface area contributed by atoms with Crippen molar-refractivity contribution >= 4 is 12.6 Å². The Labute approximate surface area is 81.9 Å². The highest BCUT2D eigenvalue weighted by molar-refractivity contribution is 7.81. The summed E-state index contributed by atoms with van der Waals surface area (Å²) >= 11 is 4.44. The van der Waals surface area contributed by atoms with E-state index in [0.29, 0.717) is 5.25 Å². The first kappa shape index (κ1) is 10.4. The third kappa shape index (κ3) is 2.67. The molecule has 12 heavy (non-hydrogen) atoms. The molecular weight excluding hydrogens is 166 g/mol. The number of nitrogens with zero attached hydrogens (tertiary/aromatic N) is 1. The molecule has 0 spiro atoms. The zero-order valence-electron chi connectivity index (χ0n) is 8.29. The molecule has 1 rings (SSSR count). The van der Waals surface area contributed by atoms with E-state index in [9.17, 15) is 0 Å². The lowest BCUT2D eigenvalue weighted by Crippen LogP contribution is -2.45. The monoisotopic (exact) mass is 187 g/mol. The van der Waals surface area contributed by atoms with E-state index in [2.05, 4.69) is 31.4 Å². The maximum Gasteiger partial charge on any atom is 0.0116 e. The van der Waals surface area contributed by atoms with Crippen molar-refractivity contribution < 1.29 is 0 Å². The third-order valence-electron chi connectivity index (χ3n) is 2.81. The molecule has 0 heterocycles. The summed E-state index contributed by atoms with van der Waals surface area (Å²) < 4.78 is 0. The number of thiol groups is 1. The largest absolute Gasteiger partial charge is 0.301 e. The highest BCUT2D eigenvalue weighted by Gasteiger charge is 2.29. The van der Waals surface area contributed by atoms with Gasteiger partial charge in [0.2, 0.25) is 0 Å². The van der Waals surface area contributed by atoms with E-state index in [1.54, 1.807) is 0 Å². The number of rotatable bonds is 5. The van der Waals surface area contributed by atoms with Gasteiger partial charge in [0.1, 0.15) is 0 Å². The Bertz CT molecular complexity index is 121. The van der Waals surface area contributed by atoms with Crippen molar-refractivity contribution in [3.8, 4) is 0 Å². The van der Waals surface area contributed by atoms with Gasteiger partial charge in [-0.3, -0.25) is 0 Å². The maximum atomic E-state index is 4.44. The molecule has 0 aliphatic heterocycles. The second kappa shape index (κ2) is 5.13. The second-order valence-corrected chi connectivity index (χ2v) is 4.49. The molecule has 72 valence electrons. The fourth-order valence-corrected chi connectivity index (χ4v) is 2.30. The summed E-state index contributed by atoms with van der Waals surface area (Å²) in [6.07, 6.45) is 5.27. The predicted molar refractivity (Wildman–Crippen MR) is 58.0 cm³/mol. The van der Waals surface area contributed by atoms with Gasteiger partial charge in [0.25, 0.3) is 0 Å². The van der Waals surface area contributed by atoms with Gasteiger partial charge in [-0.15, -0.1) is 0 Å². The van der Waals surface area contributed by atoms with Gasteiger partial charge in [-0.25, -0.2) is 0 Å². The van der Waals surface area contributed by atoms with Gasteiger partial charge in [0.15, 0.2) is 0 Å². The molecule has 0 aromatic carbocycles. The molecule has 0 atom stereocenters. The number of hydrogen-bond donors (Lipinski definition) is 1. The summed E-state index contributed by atoms with van der Waals surface area (Å²) in [5.41, 5.74) is 0. The van der Waals surface area contributed by atoms with Crippen LogP contribution in [0.2, 0.25) is 0 Å². The summed E-state index contributed by atoms with van der Waals surface area (Å²) in [6, 6.07) is 0.851. The Morgan fingerprint density at radius 2 is 2.00 bits per heavy atom. The molecule has 1 fully saturated rings. The molecule has 0 aromatic rings. The summed E-state index contributed by atoms with van der Waals surface area (Å²) in [4.78, 5) is 2.61. The van der Waals surface area contributed by atoms with Crippen molar-refractivity contribution in [2.75, 3.05) is 13.1 Å². The van der Waals surface area contributed by atoms with Gasteiger partial charge in [0.05, 0.1) is 0 Å². The Kier molecular flexibility index (Phi) is 4.44. The first-order valence-corrected chi connectivity index (χ1v) is 5.71. The van der Waals surface area contributed by atoms with Crippen LogP contribution in [-0.2, 0) is 0 Å². The lowest BCUT2D eigenvalue weighted by Gasteiger charge is -2.40. The van der Waals surface area contributed by atoms with Crippen molar-refractivity contribution in [1.29, 1.82) is 0 Å². The Hall–Kier alpha value is 0.310. The molecule has 0 radical (unpaired) electrons. The molecule has 0 aromatic heterocycles. The Balaban J connectivity index is 2.16. The SMILES string of the molecule is CCCCN(CC)[C@H]1C[C@H](S)C1. The number of hydrogen-bond acceptors (Lipinski definition) is 2. The molecular formula is C10H21NS. The molecule has 1 nitrogen and oxygen atoms in total. The highest BCUT2D eigenvalue weighted by atomic mass is 32.1. The van der Waals surface area contributed by atoms with Crippen LogP contribution in [-0.4, -0.2) is 29.3 Å². The highest BCUT2D eigenvalue weighted by Crippen LogP contribution is 2.29. The third-order valence-corrected chi connectivity index (χ3v) is 3.23. The average molecular weight is 187 g/mol. The molecule has 0 unspecified atom stereocenters. The van der Waals surface area contributed by atoms with Crippen molar-refractivity contribution in [3.63, 3.8) is 0 Å². The molecule has 0 N–H and O–H groups in total. The fraction of sp³-hybridized carbons (Fsp3) is 1.00. The van der Waals surface area contributed by atoms with Crippen LogP contribution in [0.15, 0.2) is 0 Å². The standard InChI is InChI=1S/C10H21NS/c1-3-5-6-11(4-2)9-7-10(12)8-9/h9-10,12H,3-8H2,1-2H3/t9-,10-. The molecule has 1 aliphatic carbocycles. The first-order chi connectivity index (χ1) is 5.77. The zero-order valence-corrected chi connectivity index (χ0v) is 9.19. The van der Waals surface area contributed by atoms with E-state index >= 15 is 0 Å². The van der Waals surface area contributed by atoms with E-state index in [1.807, 2.05) is 0 Å². The van der Waals surface area contributed by atoms with E-state index < -0.39 is 0 Å². The Morgan fingerprint density at radius 3 is 2.42 bits per heavy atom. The fourth-order valence-electron chi connectivity index (χ4n) is 1.82.